The smallest absolute Gasteiger partial charge is 0.326 e. The summed E-state index contributed by atoms with van der Waals surface area (Å²) in [7, 11) is 0. The van der Waals surface area contributed by atoms with E-state index >= 15 is 0 Å². The maximum atomic E-state index is 13.2. The molecule has 0 fully saturated rings. The van der Waals surface area contributed by atoms with Gasteiger partial charge in [-0.25, -0.2) is 4.79 Å². The van der Waals surface area contributed by atoms with Crippen LogP contribution in [0.2, 0.25) is 0 Å². The normalized spacial score (nSPS) is 13.2. The molecule has 1 heterocycles. The lowest BCUT2D eigenvalue weighted by molar-refractivity contribution is -0.143. The average Bonchev–Trinajstić information content (AvgIpc) is 3.30. The molecule has 0 radical (unpaired) electrons. The summed E-state index contributed by atoms with van der Waals surface area (Å²) in [5, 5.41) is 26.9. The van der Waals surface area contributed by atoms with Crippen LogP contribution in [0, 0.1) is 0 Å². The number of hydrogen-bond acceptors (Lipinski definition) is 6. The number of aromatic nitrogens is 1. The highest BCUT2D eigenvalue weighted by atomic mass is 16.4. The van der Waals surface area contributed by atoms with Crippen molar-refractivity contribution in [2.45, 2.75) is 37.4 Å². The molecule has 3 amide bonds. The molecule has 0 aliphatic rings. The third kappa shape index (κ3) is 7.64. The van der Waals surface area contributed by atoms with Crippen LogP contribution in [0.25, 0.3) is 10.9 Å². The van der Waals surface area contributed by atoms with Crippen molar-refractivity contribution in [2.75, 3.05) is 6.54 Å². The van der Waals surface area contributed by atoms with Crippen LogP contribution in [0.3, 0.4) is 0 Å². The maximum absolute atomic E-state index is 13.2. The highest BCUT2D eigenvalue weighted by molar-refractivity contribution is 5.96. The molecule has 12 heteroatoms. The molecule has 1 aromatic heterocycles. The minimum Gasteiger partial charge on any atom is -0.481 e. The summed E-state index contributed by atoms with van der Waals surface area (Å²) in [4.78, 5) is 64.5. The fourth-order valence-electron chi connectivity index (χ4n) is 3.96. The predicted octanol–water partition coefficient (Wildman–Crippen LogP) is -0.0745. The minimum absolute atomic E-state index is 0.0226. The second-order valence-electron chi connectivity index (χ2n) is 8.64. The van der Waals surface area contributed by atoms with Crippen LogP contribution in [-0.4, -0.2) is 69.5 Å². The van der Waals surface area contributed by atoms with E-state index in [0.717, 1.165) is 10.9 Å². The van der Waals surface area contributed by atoms with Gasteiger partial charge in [-0.3, -0.25) is 19.2 Å². The zero-order valence-corrected chi connectivity index (χ0v) is 20.3. The molecule has 3 aromatic rings. The van der Waals surface area contributed by atoms with Gasteiger partial charge in [0.25, 0.3) is 0 Å². The van der Waals surface area contributed by atoms with Crippen LogP contribution in [-0.2, 0) is 36.8 Å². The summed E-state index contributed by atoms with van der Waals surface area (Å²) >= 11 is 0. The predicted molar refractivity (Wildman–Crippen MR) is 137 cm³/mol. The molecule has 3 atom stereocenters. The van der Waals surface area contributed by atoms with E-state index in [1.807, 2.05) is 24.3 Å². The quantitative estimate of drug-likeness (QED) is 0.161. The molecule has 8 N–H and O–H groups in total. The third-order valence-corrected chi connectivity index (χ3v) is 5.85. The summed E-state index contributed by atoms with van der Waals surface area (Å²) in [5.41, 5.74) is 7.55. The molecular formula is C26H29N5O7. The first-order valence-corrected chi connectivity index (χ1v) is 11.8. The van der Waals surface area contributed by atoms with E-state index in [9.17, 15) is 34.2 Å². The number of H-pyrrole nitrogens is 1. The average molecular weight is 524 g/mol. The van der Waals surface area contributed by atoms with Gasteiger partial charge in [0.15, 0.2) is 0 Å². The van der Waals surface area contributed by atoms with Crippen LogP contribution in [0.15, 0.2) is 60.8 Å². The molecule has 0 bridgehead atoms. The van der Waals surface area contributed by atoms with Crippen LogP contribution in [0.5, 0.6) is 0 Å². The van der Waals surface area contributed by atoms with Crippen LogP contribution in [0.4, 0.5) is 0 Å². The zero-order chi connectivity index (χ0) is 27.7. The largest absolute Gasteiger partial charge is 0.481 e. The number of nitrogens with one attached hydrogen (secondary N) is 4. The first-order chi connectivity index (χ1) is 18.2. The van der Waals surface area contributed by atoms with Gasteiger partial charge in [0.05, 0.1) is 13.0 Å². The van der Waals surface area contributed by atoms with Crippen LogP contribution >= 0.6 is 0 Å². The molecule has 12 nitrogen and oxygen atoms in total. The Balaban J connectivity index is 1.78. The lowest BCUT2D eigenvalue weighted by Gasteiger charge is -2.24. The number of aromatic amines is 1. The Bertz CT molecular complexity index is 1310. The second kappa shape index (κ2) is 13.0. The van der Waals surface area contributed by atoms with Crippen molar-refractivity contribution in [3.05, 3.63) is 71.9 Å². The van der Waals surface area contributed by atoms with Gasteiger partial charge in [-0.2, -0.15) is 0 Å². The van der Waals surface area contributed by atoms with Crippen molar-refractivity contribution >= 4 is 40.6 Å². The van der Waals surface area contributed by atoms with Crippen molar-refractivity contribution in [3.63, 3.8) is 0 Å². The van der Waals surface area contributed by atoms with Crippen LogP contribution in [0.1, 0.15) is 17.5 Å². The fraction of sp³-hybridized carbons (Fsp3) is 0.269. The Morgan fingerprint density at radius 2 is 1.42 bits per heavy atom. The Morgan fingerprint density at radius 3 is 2.08 bits per heavy atom. The first kappa shape index (κ1) is 27.9. The fourth-order valence-corrected chi connectivity index (χ4v) is 3.96. The van der Waals surface area contributed by atoms with Gasteiger partial charge in [0.1, 0.15) is 18.1 Å². The number of fused-ring (bicyclic) bond motifs is 1. The summed E-state index contributed by atoms with van der Waals surface area (Å²) in [6.07, 6.45) is 0.849. The summed E-state index contributed by atoms with van der Waals surface area (Å²) < 4.78 is 0. The van der Waals surface area contributed by atoms with Gasteiger partial charge in [0, 0.05) is 29.9 Å². The van der Waals surface area contributed by atoms with Crippen molar-refractivity contribution in [3.8, 4) is 0 Å². The van der Waals surface area contributed by atoms with Crippen molar-refractivity contribution < 1.29 is 34.2 Å². The van der Waals surface area contributed by atoms with Crippen molar-refractivity contribution in [2.24, 2.45) is 5.73 Å². The van der Waals surface area contributed by atoms with Gasteiger partial charge in [-0.15, -0.1) is 0 Å². The van der Waals surface area contributed by atoms with Gasteiger partial charge in [-0.05, 0) is 17.2 Å². The van der Waals surface area contributed by atoms with E-state index in [2.05, 4.69) is 20.9 Å². The number of hydrogen-bond donors (Lipinski definition) is 7. The highest BCUT2D eigenvalue weighted by Crippen LogP contribution is 2.19. The highest BCUT2D eigenvalue weighted by Gasteiger charge is 2.31. The van der Waals surface area contributed by atoms with E-state index in [0.29, 0.717) is 11.1 Å². The van der Waals surface area contributed by atoms with E-state index < -0.39 is 60.8 Å². The number of carbonyl (C=O) groups is 5. The molecule has 2 aromatic carbocycles. The zero-order valence-electron chi connectivity index (χ0n) is 20.3. The molecular weight excluding hydrogens is 494 g/mol. The van der Waals surface area contributed by atoms with Gasteiger partial charge < -0.3 is 36.9 Å². The molecule has 200 valence electrons. The standard InChI is InChI=1S/C26H29N5O7/c27-13-22(32)29-19(11-16-14-28-18-9-5-4-8-17(16)18)24(35)30-20(12-23(33)34)25(36)31-21(26(37)38)10-15-6-2-1-3-7-15/h1-9,14,19-21,28H,10-13,27H2,(H,29,32)(H,30,35)(H,31,36)(H,33,34)(H,37,38). The maximum Gasteiger partial charge on any atom is 0.326 e. The molecule has 38 heavy (non-hydrogen) atoms. The van der Waals surface area contributed by atoms with E-state index in [4.69, 9.17) is 5.73 Å². The van der Waals surface area contributed by atoms with Crippen molar-refractivity contribution in [1.29, 1.82) is 0 Å². The monoisotopic (exact) mass is 523 g/mol. The van der Waals surface area contributed by atoms with E-state index in [-0.39, 0.29) is 12.8 Å². The SMILES string of the molecule is NCC(=O)NC(Cc1c[nH]c2ccccc12)C(=O)NC(CC(=O)O)C(=O)NC(Cc1ccccc1)C(=O)O. The number of aliphatic carboxylic acids is 2. The number of amides is 3. The molecule has 0 saturated carbocycles. The molecule has 0 spiro atoms. The Morgan fingerprint density at radius 1 is 0.789 bits per heavy atom. The molecule has 3 rings (SSSR count). The summed E-state index contributed by atoms with van der Waals surface area (Å²) in [6.45, 7) is -0.392. The third-order valence-electron chi connectivity index (χ3n) is 5.85. The summed E-state index contributed by atoms with van der Waals surface area (Å²) in [5.74, 6) is -5.15. The van der Waals surface area contributed by atoms with Gasteiger partial charge in [-0.1, -0.05) is 48.5 Å². The van der Waals surface area contributed by atoms with Crippen LogP contribution < -0.4 is 21.7 Å². The molecule has 0 saturated heterocycles. The van der Waals surface area contributed by atoms with E-state index in [1.54, 1.807) is 36.5 Å². The first-order valence-electron chi connectivity index (χ1n) is 11.8. The lowest BCUT2D eigenvalue weighted by atomic mass is 10.0. The van der Waals surface area contributed by atoms with Gasteiger partial charge >= 0.3 is 11.9 Å². The number of nitrogens with two attached hydrogens (primary N) is 1. The van der Waals surface area contributed by atoms with E-state index in [1.165, 1.54) is 0 Å². The number of para-hydroxylation sites is 1. The number of carbonyl (C=O) groups excluding carboxylic acids is 3. The lowest BCUT2D eigenvalue weighted by Crippen LogP contribution is -2.57. The number of carboxylic acid groups (broad SMARTS) is 2. The number of carboxylic acids is 2. The van der Waals surface area contributed by atoms with Crippen molar-refractivity contribution in [1.82, 2.24) is 20.9 Å². The Labute approximate surface area is 217 Å². The summed E-state index contributed by atoms with van der Waals surface area (Å²) in [6, 6.07) is 11.7. The molecule has 3 unspecified atom stereocenters. The van der Waals surface area contributed by atoms with Gasteiger partial charge in [0.2, 0.25) is 17.7 Å². The Kier molecular flexibility index (Phi) is 9.54. The number of rotatable bonds is 13. The minimum atomic E-state index is -1.60. The second-order valence-corrected chi connectivity index (χ2v) is 8.64. The Hall–Kier alpha value is -4.71. The molecule has 0 aliphatic carbocycles. The topological polar surface area (TPSA) is 204 Å². The number of benzene rings is 2. The molecule has 0 aliphatic heterocycles.